The van der Waals surface area contributed by atoms with Crippen LogP contribution in [-0.4, -0.2) is 31.4 Å². The largest absolute Gasteiger partial charge is 0.469 e. The molecule has 2 N–H and O–H groups in total. The molecule has 0 aliphatic rings. The minimum atomic E-state index is -0.365. The summed E-state index contributed by atoms with van der Waals surface area (Å²) in [5.41, 5.74) is 7.00. The molecule has 13 heteroatoms. The number of fused-ring (bicyclic) bond motifs is 2. The molecule has 0 bridgehead atoms. The van der Waals surface area contributed by atoms with Crippen molar-refractivity contribution in [3.63, 3.8) is 0 Å². The first-order valence-corrected chi connectivity index (χ1v) is 17.2. The Bertz CT molecular complexity index is 2620. The number of carbonyl (C=O) groups is 2. The van der Waals surface area contributed by atoms with Crippen molar-refractivity contribution in [3.05, 3.63) is 153 Å². The van der Waals surface area contributed by atoms with E-state index >= 15 is 0 Å². The third-order valence-corrected chi connectivity index (χ3v) is 9.93. The van der Waals surface area contributed by atoms with Crippen LogP contribution in [0.1, 0.15) is 42.6 Å². The van der Waals surface area contributed by atoms with Gasteiger partial charge in [0.25, 0.3) is 11.8 Å². The number of thiazole rings is 1. The molecule has 258 valence electrons. The first kappa shape index (κ1) is 32.7. The van der Waals surface area contributed by atoms with E-state index in [9.17, 15) is 18.4 Å². The number of anilines is 2. The summed E-state index contributed by atoms with van der Waals surface area (Å²) < 4.78 is 37.9. The van der Waals surface area contributed by atoms with Crippen LogP contribution >= 0.6 is 11.3 Å². The molecule has 10 nitrogen and oxygen atoms in total. The summed E-state index contributed by atoms with van der Waals surface area (Å²) in [6.45, 7) is 4.33. The maximum absolute atomic E-state index is 13.8. The number of para-hydroxylation sites is 1. The number of benzene rings is 4. The summed E-state index contributed by atoms with van der Waals surface area (Å²) in [4.78, 5) is 27.5. The molecule has 0 radical (unpaired) electrons. The number of nitrogens with one attached hydrogen (secondary N) is 2. The SMILES string of the molecule is Cc1occc1C(=O)Nc1nn(Cc2ccc(F)cc2)c2ccc(-[n+]3csc(C(=O)Nc4nn(Cc5ccc(F)cc5)c5ccccc45)c3C)cc12. The standard InChI is InChI=1S/C39H29F2N7O3S/c1-23-35(39(50)43-36-31-5-3-4-6-33(31)47(44-36)20-25-7-11-27(40)12-8-25)52-22-46(23)29-15-16-34-32(19-29)37(42-38(49)30-17-18-51-24(30)2)45-48(34)21-26-9-13-28(41)14-10-26/h3-19,22H,20-21H2,1-2H3,(H-,42,43,44,45,49,50)/p+1. The third kappa shape index (κ3) is 6.22. The Morgan fingerprint density at radius 1 is 0.750 bits per heavy atom. The second-order valence-corrected chi connectivity index (χ2v) is 13.1. The van der Waals surface area contributed by atoms with Gasteiger partial charge in [-0.15, -0.1) is 0 Å². The van der Waals surface area contributed by atoms with Gasteiger partial charge >= 0.3 is 0 Å². The van der Waals surface area contributed by atoms with Gasteiger partial charge in [-0.25, -0.2) is 8.78 Å². The number of aromatic nitrogens is 5. The highest BCUT2D eigenvalue weighted by Crippen LogP contribution is 2.29. The van der Waals surface area contributed by atoms with Crippen molar-refractivity contribution in [2.45, 2.75) is 26.9 Å². The predicted molar refractivity (Wildman–Crippen MR) is 194 cm³/mol. The Kier molecular flexibility index (Phi) is 8.39. The number of rotatable bonds is 9. The van der Waals surface area contributed by atoms with Crippen LogP contribution in [0, 0.1) is 25.5 Å². The summed E-state index contributed by atoms with van der Waals surface area (Å²) in [6, 6.07) is 27.4. The van der Waals surface area contributed by atoms with Crippen molar-refractivity contribution < 1.29 is 27.4 Å². The van der Waals surface area contributed by atoms with Gasteiger partial charge in [0.1, 0.15) is 17.4 Å². The Morgan fingerprint density at radius 3 is 1.98 bits per heavy atom. The quantitative estimate of drug-likeness (QED) is 0.148. The van der Waals surface area contributed by atoms with Crippen LogP contribution in [0.15, 0.2) is 113 Å². The molecule has 0 aliphatic heterocycles. The molecule has 2 amide bonds. The number of amides is 2. The number of hydrogen-bond donors (Lipinski definition) is 2. The molecule has 0 aliphatic carbocycles. The highest BCUT2D eigenvalue weighted by atomic mass is 32.1. The van der Waals surface area contributed by atoms with E-state index in [1.807, 2.05) is 59.5 Å². The summed E-state index contributed by atoms with van der Waals surface area (Å²) in [5, 5.41) is 16.9. The molecule has 4 heterocycles. The van der Waals surface area contributed by atoms with Gasteiger partial charge in [0.2, 0.25) is 16.9 Å². The van der Waals surface area contributed by atoms with Gasteiger partial charge in [0, 0.05) is 24.4 Å². The fraction of sp³-hybridized carbons (Fsp3) is 0.103. The number of aryl methyl sites for hydroxylation is 1. The van der Waals surface area contributed by atoms with Gasteiger partial charge in [-0.2, -0.15) is 14.8 Å². The van der Waals surface area contributed by atoms with Gasteiger partial charge in [0.05, 0.1) is 41.3 Å². The van der Waals surface area contributed by atoms with Crippen LogP contribution in [0.4, 0.5) is 20.4 Å². The van der Waals surface area contributed by atoms with Crippen molar-refractivity contribution in [2.75, 3.05) is 10.6 Å². The zero-order chi connectivity index (χ0) is 35.9. The highest BCUT2D eigenvalue weighted by molar-refractivity contribution is 7.11. The summed E-state index contributed by atoms with van der Waals surface area (Å²) in [6.07, 6.45) is 1.46. The lowest BCUT2D eigenvalue weighted by molar-refractivity contribution is -0.597. The van der Waals surface area contributed by atoms with E-state index in [-0.39, 0.29) is 23.4 Å². The fourth-order valence-corrected chi connectivity index (χ4v) is 7.12. The number of furan rings is 1. The lowest BCUT2D eigenvalue weighted by atomic mass is 10.2. The second kappa shape index (κ2) is 13.3. The predicted octanol–water partition coefficient (Wildman–Crippen LogP) is 7.81. The van der Waals surface area contributed by atoms with Gasteiger partial charge < -0.3 is 15.1 Å². The maximum atomic E-state index is 13.8. The van der Waals surface area contributed by atoms with Gasteiger partial charge in [0.15, 0.2) is 16.5 Å². The number of nitrogens with zero attached hydrogens (tertiary/aromatic N) is 5. The van der Waals surface area contributed by atoms with Crippen molar-refractivity contribution >= 4 is 56.6 Å². The van der Waals surface area contributed by atoms with Gasteiger partial charge in [-0.3, -0.25) is 19.0 Å². The topological polar surface area (TPSA) is 111 Å². The molecule has 0 unspecified atom stereocenters. The van der Waals surface area contributed by atoms with Gasteiger partial charge in [-0.05, 0) is 66.6 Å². The molecule has 8 aromatic rings. The van der Waals surface area contributed by atoms with E-state index in [2.05, 4.69) is 10.6 Å². The van der Waals surface area contributed by atoms with E-state index in [1.54, 1.807) is 46.6 Å². The molecule has 0 saturated heterocycles. The Balaban J connectivity index is 1.10. The zero-order valence-electron chi connectivity index (χ0n) is 27.9. The third-order valence-electron chi connectivity index (χ3n) is 8.90. The lowest BCUT2D eigenvalue weighted by Gasteiger charge is -2.04. The van der Waals surface area contributed by atoms with E-state index in [0.717, 1.165) is 33.2 Å². The van der Waals surface area contributed by atoms with E-state index in [4.69, 9.17) is 14.6 Å². The number of hydrogen-bond acceptors (Lipinski definition) is 6. The minimum Gasteiger partial charge on any atom is -0.469 e. The molecule has 4 aromatic carbocycles. The summed E-state index contributed by atoms with van der Waals surface area (Å²) >= 11 is 1.29. The van der Waals surface area contributed by atoms with Crippen LogP contribution in [0.5, 0.6) is 0 Å². The van der Waals surface area contributed by atoms with Crippen LogP contribution in [0.25, 0.3) is 27.5 Å². The summed E-state index contributed by atoms with van der Waals surface area (Å²) in [7, 11) is 0. The normalized spacial score (nSPS) is 11.4. The highest BCUT2D eigenvalue weighted by Gasteiger charge is 2.26. The van der Waals surface area contributed by atoms with E-state index < -0.39 is 0 Å². The van der Waals surface area contributed by atoms with E-state index in [0.29, 0.717) is 52.0 Å². The molecule has 0 atom stereocenters. The smallest absolute Gasteiger partial charge is 0.273 e. The monoisotopic (exact) mass is 714 g/mol. The second-order valence-electron chi connectivity index (χ2n) is 12.3. The zero-order valence-corrected chi connectivity index (χ0v) is 28.7. The number of halogens is 2. The van der Waals surface area contributed by atoms with E-state index in [1.165, 1.54) is 41.9 Å². The van der Waals surface area contributed by atoms with Crippen LogP contribution in [0.3, 0.4) is 0 Å². The average Bonchev–Trinajstić information content (AvgIpc) is 3.92. The molecular formula is C39H30F2N7O3S+. The van der Waals surface area contributed by atoms with Crippen LogP contribution in [0.2, 0.25) is 0 Å². The van der Waals surface area contributed by atoms with Gasteiger partial charge in [-0.1, -0.05) is 47.7 Å². The molecule has 52 heavy (non-hydrogen) atoms. The Hall–Kier alpha value is -6.47. The van der Waals surface area contributed by atoms with Crippen molar-refractivity contribution in [2.24, 2.45) is 0 Å². The lowest BCUT2D eigenvalue weighted by Crippen LogP contribution is -2.32. The Morgan fingerprint density at radius 2 is 1.35 bits per heavy atom. The van der Waals surface area contributed by atoms with Crippen LogP contribution in [-0.2, 0) is 13.1 Å². The molecule has 8 rings (SSSR count). The summed E-state index contributed by atoms with van der Waals surface area (Å²) in [5.74, 6) is -0.0649. The molecule has 0 spiro atoms. The van der Waals surface area contributed by atoms with Crippen molar-refractivity contribution in [1.82, 2.24) is 19.6 Å². The molecule has 4 aromatic heterocycles. The maximum Gasteiger partial charge on any atom is 0.273 e. The minimum absolute atomic E-state index is 0.310. The van der Waals surface area contributed by atoms with Crippen LogP contribution < -0.4 is 15.2 Å². The first-order chi connectivity index (χ1) is 25.2. The van der Waals surface area contributed by atoms with Crippen molar-refractivity contribution in [3.8, 4) is 5.69 Å². The fourth-order valence-electron chi connectivity index (χ4n) is 6.21. The van der Waals surface area contributed by atoms with Crippen molar-refractivity contribution in [1.29, 1.82) is 0 Å². The Labute approximate surface area is 299 Å². The molecule has 0 fully saturated rings. The molecular weight excluding hydrogens is 685 g/mol. The number of carbonyl (C=O) groups excluding carboxylic acids is 2. The molecule has 0 saturated carbocycles. The average molecular weight is 715 g/mol. The first-order valence-electron chi connectivity index (χ1n) is 16.3.